The number of hydrogen-bond acceptors (Lipinski definition) is 9. The number of ether oxygens (including phenoxy) is 2. The van der Waals surface area contributed by atoms with E-state index in [0.29, 0.717) is 34.5 Å². The lowest BCUT2D eigenvalue weighted by molar-refractivity contribution is 0.258. The smallest absolute Gasteiger partial charge is 0.327 e. The lowest BCUT2D eigenvalue weighted by Gasteiger charge is -2.35. The zero-order valence-electron chi connectivity index (χ0n) is 21.7. The molecule has 4 N–H and O–H groups in total. The summed E-state index contributed by atoms with van der Waals surface area (Å²) in [5.74, 6) is 2.06. The van der Waals surface area contributed by atoms with Crippen LogP contribution in [0.15, 0.2) is 48.8 Å². The Balaban J connectivity index is 1.43. The van der Waals surface area contributed by atoms with Gasteiger partial charge in [0.05, 0.1) is 25.6 Å². The molecular weight excluding hydrogens is 472 g/mol. The summed E-state index contributed by atoms with van der Waals surface area (Å²) in [6, 6.07) is 12.4. The molecule has 37 heavy (non-hydrogen) atoms. The highest BCUT2D eigenvalue weighted by molar-refractivity contribution is 6.01. The van der Waals surface area contributed by atoms with Crippen molar-refractivity contribution in [2.75, 3.05) is 80.2 Å². The third kappa shape index (κ3) is 6.31. The summed E-state index contributed by atoms with van der Waals surface area (Å²) in [7, 11) is 4.73. The number of nitrogens with two attached hydrogens (primary N) is 1. The third-order valence-corrected chi connectivity index (χ3v) is 6.39. The molecule has 1 aromatic heterocycles. The molecule has 11 nitrogen and oxygen atoms in total. The van der Waals surface area contributed by atoms with Crippen molar-refractivity contribution >= 4 is 40.4 Å². The van der Waals surface area contributed by atoms with Crippen molar-refractivity contribution in [1.29, 1.82) is 0 Å². The van der Waals surface area contributed by atoms with Gasteiger partial charge in [0.1, 0.15) is 29.5 Å². The summed E-state index contributed by atoms with van der Waals surface area (Å²) < 4.78 is 10.5. The Labute approximate surface area is 217 Å². The predicted octanol–water partition coefficient (Wildman–Crippen LogP) is 3.63. The number of nitrogen functional groups attached to an aromatic ring is 1. The van der Waals surface area contributed by atoms with E-state index in [0.717, 1.165) is 44.1 Å². The minimum atomic E-state index is -0.382. The van der Waals surface area contributed by atoms with E-state index >= 15 is 0 Å². The fraction of sp³-hybridized carbons (Fsp3) is 0.346. The fourth-order valence-electron chi connectivity index (χ4n) is 4.11. The molecule has 0 spiro atoms. The second-order valence-electron chi connectivity index (χ2n) is 8.67. The zero-order valence-corrected chi connectivity index (χ0v) is 21.7. The van der Waals surface area contributed by atoms with Crippen molar-refractivity contribution in [3.8, 4) is 11.5 Å². The minimum Gasteiger partial charge on any atom is -0.497 e. The van der Waals surface area contributed by atoms with Crippen molar-refractivity contribution in [2.45, 2.75) is 6.92 Å². The van der Waals surface area contributed by atoms with Gasteiger partial charge in [-0.25, -0.2) is 14.8 Å². The molecule has 1 saturated heterocycles. The van der Waals surface area contributed by atoms with Crippen LogP contribution in [0.1, 0.15) is 6.92 Å². The summed E-state index contributed by atoms with van der Waals surface area (Å²) in [5, 5.41) is 6.07. The number of nitrogens with zero attached hydrogens (tertiary/aromatic N) is 5. The SMILES string of the molecule is CCN1CCN(c2ccc(Nc3cc(N(C)C(=O)Nc4cc(OC)cc(OC)c4)ncn3)c(N)c2)CC1. The van der Waals surface area contributed by atoms with Crippen LogP contribution in [0, 0.1) is 0 Å². The fourth-order valence-corrected chi connectivity index (χ4v) is 4.11. The van der Waals surface area contributed by atoms with Crippen LogP contribution in [-0.2, 0) is 0 Å². The van der Waals surface area contributed by atoms with E-state index < -0.39 is 0 Å². The minimum absolute atomic E-state index is 0.382. The predicted molar refractivity (Wildman–Crippen MR) is 147 cm³/mol. The van der Waals surface area contributed by atoms with Crippen LogP contribution in [0.25, 0.3) is 0 Å². The molecule has 4 rings (SSSR count). The van der Waals surface area contributed by atoms with E-state index in [9.17, 15) is 4.79 Å². The standard InChI is InChI=1S/C26H34N8O3/c1-5-33-8-10-34(11-9-33)19-6-7-23(22(27)14-19)31-24-16-25(29-17-28-24)32(2)26(35)30-18-12-20(36-3)15-21(13-18)37-4/h6-7,12-17H,5,8-11,27H2,1-4H3,(H,30,35)(H,28,29,31). The van der Waals surface area contributed by atoms with Gasteiger partial charge < -0.3 is 35.6 Å². The van der Waals surface area contributed by atoms with Gasteiger partial charge in [0, 0.05) is 68.9 Å². The first kappa shape index (κ1) is 25.8. The average Bonchev–Trinajstić information content (AvgIpc) is 2.93. The number of likely N-dealkylation sites (N-methyl/N-ethyl adjacent to an activating group) is 1. The van der Waals surface area contributed by atoms with Crippen LogP contribution in [0.5, 0.6) is 11.5 Å². The number of carbonyl (C=O) groups excluding carboxylic acids is 1. The molecule has 3 aromatic rings. The number of rotatable bonds is 8. The Morgan fingerprint density at radius 1 is 1.03 bits per heavy atom. The molecule has 1 aliphatic heterocycles. The van der Waals surface area contributed by atoms with Gasteiger partial charge in [0.25, 0.3) is 0 Å². The summed E-state index contributed by atoms with van der Waals surface area (Å²) in [6.45, 7) is 7.32. The van der Waals surface area contributed by atoms with E-state index in [1.54, 1.807) is 45.5 Å². The molecule has 0 bridgehead atoms. The zero-order chi connectivity index (χ0) is 26.4. The normalized spacial score (nSPS) is 13.7. The second kappa shape index (κ2) is 11.7. The summed E-state index contributed by atoms with van der Waals surface area (Å²) in [4.78, 5) is 27.6. The molecule has 2 amide bonds. The first-order valence-electron chi connectivity index (χ1n) is 12.1. The summed E-state index contributed by atoms with van der Waals surface area (Å²) >= 11 is 0. The quantitative estimate of drug-likeness (QED) is 0.393. The number of methoxy groups -OCH3 is 2. The Kier molecular flexibility index (Phi) is 8.14. The highest BCUT2D eigenvalue weighted by atomic mass is 16.5. The highest BCUT2D eigenvalue weighted by Gasteiger charge is 2.18. The molecule has 0 unspecified atom stereocenters. The molecule has 196 valence electrons. The number of urea groups is 1. The Bertz CT molecular complexity index is 1210. The van der Waals surface area contributed by atoms with Gasteiger partial charge in [-0.2, -0.15) is 0 Å². The largest absolute Gasteiger partial charge is 0.497 e. The Morgan fingerprint density at radius 2 is 1.73 bits per heavy atom. The number of carbonyl (C=O) groups is 1. The lowest BCUT2D eigenvalue weighted by atomic mass is 10.2. The lowest BCUT2D eigenvalue weighted by Crippen LogP contribution is -2.46. The molecule has 0 atom stereocenters. The highest BCUT2D eigenvalue weighted by Crippen LogP contribution is 2.29. The van der Waals surface area contributed by atoms with E-state index in [2.05, 4.69) is 43.4 Å². The number of piperazine rings is 1. The number of amides is 2. The number of aromatic nitrogens is 2. The average molecular weight is 507 g/mol. The number of benzene rings is 2. The van der Waals surface area contributed by atoms with Crippen molar-refractivity contribution in [2.24, 2.45) is 0 Å². The summed E-state index contributed by atoms with van der Waals surface area (Å²) in [5.41, 5.74) is 9.36. The van der Waals surface area contributed by atoms with Gasteiger partial charge >= 0.3 is 6.03 Å². The molecule has 2 aromatic carbocycles. The van der Waals surface area contributed by atoms with Crippen molar-refractivity contribution in [1.82, 2.24) is 14.9 Å². The van der Waals surface area contributed by atoms with E-state index in [1.807, 2.05) is 12.1 Å². The molecule has 0 saturated carbocycles. The maximum absolute atomic E-state index is 12.9. The van der Waals surface area contributed by atoms with Gasteiger partial charge in [-0.1, -0.05) is 6.92 Å². The molecule has 11 heteroatoms. The molecule has 0 radical (unpaired) electrons. The van der Waals surface area contributed by atoms with Crippen LogP contribution in [0.3, 0.4) is 0 Å². The Morgan fingerprint density at radius 3 is 2.35 bits per heavy atom. The van der Waals surface area contributed by atoms with Gasteiger partial charge in [0.2, 0.25) is 0 Å². The van der Waals surface area contributed by atoms with Crippen LogP contribution in [0.4, 0.5) is 39.2 Å². The van der Waals surface area contributed by atoms with Crippen molar-refractivity contribution < 1.29 is 14.3 Å². The second-order valence-corrected chi connectivity index (χ2v) is 8.67. The van der Waals surface area contributed by atoms with Crippen molar-refractivity contribution in [3.05, 3.63) is 48.8 Å². The van der Waals surface area contributed by atoms with Crippen molar-refractivity contribution in [3.63, 3.8) is 0 Å². The van der Waals surface area contributed by atoms with E-state index in [4.69, 9.17) is 15.2 Å². The number of anilines is 6. The monoisotopic (exact) mass is 506 g/mol. The van der Waals surface area contributed by atoms with E-state index in [1.165, 1.54) is 11.2 Å². The van der Waals surface area contributed by atoms with Gasteiger partial charge in [-0.05, 0) is 24.7 Å². The van der Waals surface area contributed by atoms with Gasteiger partial charge in [-0.3, -0.25) is 4.90 Å². The maximum Gasteiger partial charge on any atom is 0.327 e. The molecule has 1 aliphatic rings. The summed E-state index contributed by atoms with van der Waals surface area (Å²) in [6.07, 6.45) is 1.40. The first-order valence-corrected chi connectivity index (χ1v) is 12.1. The molecule has 0 aliphatic carbocycles. The molecular formula is C26H34N8O3. The maximum atomic E-state index is 12.9. The first-order chi connectivity index (χ1) is 17.9. The number of hydrogen-bond donors (Lipinski definition) is 3. The van der Waals surface area contributed by atoms with Gasteiger partial charge in [0.15, 0.2) is 0 Å². The Hall–Kier alpha value is -4.25. The molecule has 1 fully saturated rings. The van der Waals surface area contributed by atoms with Gasteiger partial charge in [-0.15, -0.1) is 0 Å². The third-order valence-electron chi connectivity index (χ3n) is 6.39. The van der Waals surface area contributed by atoms with Crippen LogP contribution in [-0.4, -0.2) is 74.9 Å². The van der Waals surface area contributed by atoms with E-state index in [-0.39, 0.29) is 6.03 Å². The van der Waals surface area contributed by atoms with Crippen LogP contribution >= 0.6 is 0 Å². The van der Waals surface area contributed by atoms with Crippen LogP contribution < -0.4 is 35.6 Å². The topological polar surface area (TPSA) is 121 Å². The number of nitrogens with one attached hydrogen (secondary N) is 2. The van der Waals surface area contributed by atoms with Crippen LogP contribution in [0.2, 0.25) is 0 Å². The molecule has 2 heterocycles.